The zero-order valence-electron chi connectivity index (χ0n) is 9.53. The largest absolute Gasteiger partial charge is 0.573 e. The molecule has 0 saturated carbocycles. The number of ether oxygens (including phenoxy) is 1. The van der Waals surface area contributed by atoms with E-state index >= 15 is 0 Å². The predicted octanol–water partition coefficient (Wildman–Crippen LogP) is 3.96. The quantitative estimate of drug-likeness (QED) is 0.808. The first-order valence-corrected chi connectivity index (χ1v) is 5.23. The Morgan fingerprint density at radius 3 is 2.44 bits per heavy atom. The van der Waals surface area contributed by atoms with Crippen molar-refractivity contribution in [2.75, 3.05) is 0 Å². The van der Waals surface area contributed by atoms with Crippen LogP contribution in [-0.2, 0) is 0 Å². The van der Waals surface area contributed by atoms with Gasteiger partial charge in [0.2, 0.25) is 0 Å². The molecule has 0 saturated heterocycles. The summed E-state index contributed by atoms with van der Waals surface area (Å²) in [6, 6.07) is 9.59. The van der Waals surface area contributed by atoms with Crippen molar-refractivity contribution in [1.29, 1.82) is 0 Å². The van der Waals surface area contributed by atoms with Crippen molar-refractivity contribution < 1.29 is 17.9 Å². The minimum absolute atomic E-state index is 0.223. The van der Waals surface area contributed by atoms with Gasteiger partial charge in [-0.05, 0) is 42.8 Å². The highest BCUT2D eigenvalue weighted by Crippen LogP contribution is 2.28. The SMILES string of the molecule is Cc1cc(OC(F)(F)F)ccc1-c1ccccn1. The van der Waals surface area contributed by atoms with Gasteiger partial charge in [-0.3, -0.25) is 4.98 Å². The molecule has 0 aliphatic heterocycles. The molecule has 0 aliphatic rings. The Balaban J connectivity index is 2.32. The topological polar surface area (TPSA) is 22.1 Å². The van der Waals surface area contributed by atoms with Crippen LogP contribution in [-0.4, -0.2) is 11.3 Å². The fourth-order valence-corrected chi connectivity index (χ4v) is 1.64. The van der Waals surface area contributed by atoms with Gasteiger partial charge in [-0.25, -0.2) is 0 Å². The molecule has 0 amide bonds. The van der Waals surface area contributed by atoms with Crippen molar-refractivity contribution in [2.45, 2.75) is 13.3 Å². The van der Waals surface area contributed by atoms with Crippen LogP contribution in [0.25, 0.3) is 11.3 Å². The van der Waals surface area contributed by atoms with E-state index in [1.54, 1.807) is 31.3 Å². The summed E-state index contributed by atoms with van der Waals surface area (Å²) in [6.45, 7) is 1.72. The van der Waals surface area contributed by atoms with Crippen molar-refractivity contribution in [1.82, 2.24) is 4.98 Å². The monoisotopic (exact) mass is 253 g/mol. The van der Waals surface area contributed by atoms with Crippen LogP contribution in [0.2, 0.25) is 0 Å². The first kappa shape index (κ1) is 12.4. The number of nitrogens with zero attached hydrogens (tertiary/aromatic N) is 1. The molecule has 0 N–H and O–H groups in total. The lowest BCUT2D eigenvalue weighted by molar-refractivity contribution is -0.274. The highest BCUT2D eigenvalue weighted by Gasteiger charge is 2.31. The fraction of sp³-hybridized carbons (Fsp3) is 0.154. The molecule has 0 atom stereocenters. The van der Waals surface area contributed by atoms with Crippen molar-refractivity contribution in [3.05, 3.63) is 48.2 Å². The molecule has 18 heavy (non-hydrogen) atoms. The van der Waals surface area contributed by atoms with Crippen molar-refractivity contribution in [3.8, 4) is 17.0 Å². The Labute approximate surface area is 102 Å². The van der Waals surface area contributed by atoms with Crippen molar-refractivity contribution in [3.63, 3.8) is 0 Å². The Morgan fingerprint density at radius 1 is 1.11 bits per heavy atom. The highest BCUT2D eigenvalue weighted by atomic mass is 19.4. The number of pyridine rings is 1. The number of rotatable bonds is 2. The van der Waals surface area contributed by atoms with Crippen LogP contribution in [0.4, 0.5) is 13.2 Å². The van der Waals surface area contributed by atoms with Crippen molar-refractivity contribution in [2.24, 2.45) is 0 Å². The van der Waals surface area contributed by atoms with Crippen LogP contribution in [0.5, 0.6) is 5.75 Å². The lowest BCUT2D eigenvalue weighted by Crippen LogP contribution is -2.17. The third-order valence-corrected chi connectivity index (χ3v) is 2.37. The number of hydrogen-bond acceptors (Lipinski definition) is 2. The second-order valence-corrected chi connectivity index (χ2v) is 3.74. The fourth-order valence-electron chi connectivity index (χ4n) is 1.64. The van der Waals surface area contributed by atoms with E-state index in [2.05, 4.69) is 9.72 Å². The van der Waals surface area contributed by atoms with E-state index in [4.69, 9.17) is 0 Å². The molecule has 0 unspecified atom stereocenters. The normalized spacial score (nSPS) is 11.3. The maximum atomic E-state index is 12.1. The average molecular weight is 253 g/mol. The zero-order chi connectivity index (χ0) is 13.2. The van der Waals surface area contributed by atoms with Gasteiger partial charge in [0.15, 0.2) is 0 Å². The summed E-state index contributed by atoms with van der Waals surface area (Å²) in [6.07, 6.45) is -3.03. The minimum Gasteiger partial charge on any atom is -0.406 e. The highest BCUT2D eigenvalue weighted by molar-refractivity contribution is 5.64. The molecule has 2 rings (SSSR count). The predicted molar refractivity (Wildman–Crippen MR) is 61.1 cm³/mol. The smallest absolute Gasteiger partial charge is 0.406 e. The molecule has 0 spiro atoms. The summed E-state index contributed by atoms with van der Waals surface area (Å²) in [5, 5.41) is 0. The molecule has 1 aromatic heterocycles. The van der Waals surface area contributed by atoms with E-state index in [1.807, 2.05) is 6.07 Å². The zero-order valence-corrected chi connectivity index (χ0v) is 9.53. The first-order valence-electron chi connectivity index (χ1n) is 5.23. The molecule has 0 radical (unpaired) electrons. The van der Waals surface area contributed by atoms with Gasteiger partial charge in [-0.2, -0.15) is 0 Å². The van der Waals surface area contributed by atoms with Crippen LogP contribution in [0.15, 0.2) is 42.6 Å². The van der Waals surface area contributed by atoms with Crippen LogP contribution < -0.4 is 4.74 Å². The second kappa shape index (κ2) is 4.68. The minimum atomic E-state index is -4.67. The summed E-state index contributed by atoms with van der Waals surface area (Å²) in [5.41, 5.74) is 2.18. The van der Waals surface area contributed by atoms with Crippen LogP contribution >= 0.6 is 0 Å². The summed E-state index contributed by atoms with van der Waals surface area (Å²) in [4.78, 5) is 4.15. The molecule has 5 heteroatoms. The molecule has 0 bridgehead atoms. The summed E-state index contributed by atoms with van der Waals surface area (Å²) in [5.74, 6) is -0.223. The van der Waals surface area contributed by atoms with Crippen LogP contribution in [0, 0.1) is 6.92 Å². The van der Waals surface area contributed by atoms with Gasteiger partial charge in [0.1, 0.15) is 5.75 Å². The van der Waals surface area contributed by atoms with Gasteiger partial charge in [-0.1, -0.05) is 6.07 Å². The van der Waals surface area contributed by atoms with Crippen LogP contribution in [0.1, 0.15) is 5.56 Å². The number of benzene rings is 1. The molecular weight excluding hydrogens is 243 g/mol. The first-order chi connectivity index (χ1) is 8.46. The van der Waals surface area contributed by atoms with E-state index < -0.39 is 6.36 Å². The van der Waals surface area contributed by atoms with Gasteiger partial charge in [0.25, 0.3) is 0 Å². The Morgan fingerprint density at radius 2 is 1.89 bits per heavy atom. The van der Waals surface area contributed by atoms with E-state index in [1.165, 1.54) is 12.1 Å². The van der Waals surface area contributed by atoms with E-state index in [9.17, 15) is 13.2 Å². The van der Waals surface area contributed by atoms with Crippen LogP contribution in [0.3, 0.4) is 0 Å². The lowest BCUT2D eigenvalue weighted by Gasteiger charge is -2.11. The molecule has 0 fully saturated rings. The Bertz CT molecular complexity index is 538. The maximum Gasteiger partial charge on any atom is 0.573 e. The Kier molecular flexibility index (Phi) is 3.23. The molecule has 1 aromatic carbocycles. The van der Waals surface area contributed by atoms with E-state index in [-0.39, 0.29) is 5.75 Å². The molecule has 1 heterocycles. The van der Waals surface area contributed by atoms with Gasteiger partial charge in [0, 0.05) is 11.8 Å². The van der Waals surface area contributed by atoms with E-state index in [0.29, 0.717) is 11.3 Å². The standard InChI is InChI=1S/C13H10F3NO/c1-9-8-10(18-13(14,15)16)5-6-11(9)12-4-2-3-7-17-12/h2-8H,1H3. The third-order valence-electron chi connectivity index (χ3n) is 2.37. The van der Waals surface area contributed by atoms with Crippen molar-refractivity contribution >= 4 is 0 Å². The molecule has 2 aromatic rings. The number of halogens is 3. The van der Waals surface area contributed by atoms with Gasteiger partial charge in [-0.15, -0.1) is 13.2 Å². The second-order valence-electron chi connectivity index (χ2n) is 3.74. The number of aryl methyl sites for hydroxylation is 1. The summed E-state index contributed by atoms with van der Waals surface area (Å²) < 4.78 is 40.0. The summed E-state index contributed by atoms with van der Waals surface area (Å²) >= 11 is 0. The lowest BCUT2D eigenvalue weighted by atomic mass is 10.1. The third kappa shape index (κ3) is 3.00. The molecular formula is C13H10F3NO. The van der Waals surface area contributed by atoms with Gasteiger partial charge >= 0.3 is 6.36 Å². The number of aromatic nitrogens is 1. The molecule has 0 aliphatic carbocycles. The molecule has 94 valence electrons. The summed E-state index contributed by atoms with van der Waals surface area (Å²) in [7, 11) is 0. The maximum absolute atomic E-state index is 12.1. The number of hydrogen-bond donors (Lipinski definition) is 0. The van der Waals surface area contributed by atoms with E-state index in [0.717, 1.165) is 5.56 Å². The molecule has 2 nitrogen and oxygen atoms in total. The van der Waals surface area contributed by atoms with Gasteiger partial charge < -0.3 is 4.74 Å². The average Bonchev–Trinajstić information content (AvgIpc) is 2.28. The van der Waals surface area contributed by atoms with Gasteiger partial charge in [0.05, 0.1) is 5.69 Å². The Hall–Kier alpha value is -2.04. The number of alkyl halides is 3.